The third kappa shape index (κ3) is 3.48. The highest BCUT2D eigenvalue weighted by molar-refractivity contribution is 5.33. The van der Waals surface area contributed by atoms with Crippen molar-refractivity contribution in [1.29, 1.82) is 0 Å². The average Bonchev–Trinajstić information content (AvgIpc) is 2.58. The molecule has 0 saturated carbocycles. The van der Waals surface area contributed by atoms with Crippen molar-refractivity contribution in [3.8, 4) is 5.75 Å². The molecule has 0 fully saturated rings. The Bertz CT molecular complexity index is 613. The fourth-order valence-corrected chi connectivity index (χ4v) is 2.37. The molecule has 0 aliphatic carbocycles. The van der Waals surface area contributed by atoms with E-state index in [0.717, 1.165) is 5.75 Å². The van der Waals surface area contributed by atoms with Crippen LogP contribution in [0.15, 0.2) is 85.2 Å². The molecule has 0 spiro atoms. The van der Waals surface area contributed by atoms with E-state index < -0.39 is 0 Å². The Labute approximate surface area is 125 Å². The number of hydrogen-bond donors (Lipinski definition) is 0. The van der Waals surface area contributed by atoms with Gasteiger partial charge in [0.1, 0.15) is 5.75 Å². The van der Waals surface area contributed by atoms with Gasteiger partial charge in [0.25, 0.3) is 0 Å². The fourth-order valence-electron chi connectivity index (χ4n) is 2.37. The summed E-state index contributed by atoms with van der Waals surface area (Å²) < 4.78 is 5.94. The molecule has 0 aliphatic rings. The van der Waals surface area contributed by atoms with Crippen LogP contribution in [0.25, 0.3) is 0 Å². The van der Waals surface area contributed by atoms with Crippen molar-refractivity contribution in [1.82, 2.24) is 4.98 Å². The standard InChI is InChI=1S/C19H17NO/c1-3-7-16(8-4-1)19(17-9-5-2-6-10-17)15-21-18-11-13-20-14-12-18/h1-14,19H,15H2. The molecule has 2 heteroatoms. The molecule has 1 heterocycles. The van der Waals surface area contributed by atoms with Crippen LogP contribution in [0.1, 0.15) is 17.0 Å². The summed E-state index contributed by atoms with van der Waals surface area (Å²) >= 11 is 0. The lowest BCUT2D eigenvalue weighted by atomic mass is 9.92. The summed E-state index contributed by atoms with van der Waals surface area (Å²) in [6, 6.07) is 24.7. The summed E-state index contributed by atoms with van der Waals surface area (Å²) in [5, 5.41) is 0. The van der Waals surface area contributed by atoms with Gasteiger partial charge in [0.15, 0.2) is 0 Å². The van der Waals surface area contributed by atoms with E-state index in [9.17, 15) is 0 Å². The number of hydrogen-bond acceptors (Lipinski definition) is 2. The molecule has 0 saturated heterocycles. The summed E-state index contributed by atoms with van der Waals surface area (Å²) in [6.07, 6.45) is 3.49. The molecule has 104 valence electrons. The first-order valence-electron chi connectivity index (χ1n) is 7.06. The monoisotopic (exact) mass is 275 g/mol. The fraction of sp³-hybridized carbons (Fsp3) is 0.105. The van der Waals surface area contributed by atoms with E-state index in [1.807, 2.05) is 24.3 Å². The minimum atomic E-state index is 0.223. The number of benzene rings is 2. The lowest BCUT2D eigenvalue weighted by Crippen LogP contribution is -2.11. The molecule has 21 heavy (non-hydrogen) atoms. The number of pyridine rings is 1. The molecule has 3 rings (SSSR count). The first-order chi connectivity index (χ1) is 10.4. The maximum atomic E-state index is 5.94. The molecule has 3 aromatic rings. The zero-order valence-corrected chi connectivity index (χ0v) is 11.7. The van der Waals surface area contributed by atoms with Crippen molar-refractivity contribution in [2.45, 2.75) is 5.92 Å². The summed E-state index contributed by atoms with van der Waals surface area (Å²) in [6.45, 7) is 0.609. The van der Waals surface area contributed by atoms with Gasteiger partial charge in [0.2, 0.25) is 0 Å². The first kappa shape index (κ1) is 13.4. The second-order valence-electron chi connectivity index (χ2n) is 4.87. The summed E-state index contributed by atoms with van der Waals surface area (Å²) in [5.74, 6) is 1.07. The predicted molar refractivity (Wildman–Crippen MR) is 84.5 cm³/mol. The quantitative estimate of drug-likeness (QED) is 0.693. The van der Waals surface area contributed by atoms with Gasteiger partial charge in [-0.15, -0.1) is 0 Å². The molecule has 0 atom stereocenters. The Morgan fingerprint density at radius 2 is 1.24 bits per heavy atom. The molecular weight excluding hydrogens is 258 g/mol. The number of ether oxygens (including phenoxy) is 1. The van der Waals surface area contributed by atoms with Gasteiger partial charge in [-0.1, -0.05) is 60.7 Å². The van der Waals surface area contributed by atoms with E-state index in [-0.39, 0.29) is 5.92 Å². The molecule has 2 nitrogen and oxygen atoms in total. The van der Waals surface area contributed by atoms with Crippen LogP contribution in [0.2, 0.25) is 0 Å². The Hall–Kier alpha value is -2.61. The lowest BCUT2D eigenvalue weighted by Gasteiger charge is -2.18. The molecule has 0 radical (unpaired) electrons. The summed E-state index contributed by atoms with van der Waals surface area (Å²) in [7, 11) is 0. The third-order valence-electron chi connectivity index (χ3n) is 3.47. The van der Waals surface area contributed by atoms with Gasteiger partial charge in [-0.25, -0.2) is 0 Å². The maximum absolute atomic E-state index is 5.94. The van der Waals surface area contributed by atoms with E-state index in [2.05, 4.69) is 53.5 Å². The van der Waals surface area contributed by atoms with Crippen molar-refractivity contribution < 1.29 is 4.74 Å². The van der Waals surface area contributed by atoms with Gasteiger partial charge < -0.3 is 4.74 Å². The lowest BCUT2D eigenvalue weighted by molar-refractivity contribution is 0.303. The van der Waals surface area contributed by atoms with Crippen molar-refractivity contribution in [2.75, 3.05) is 6.61 Å². The van der Waals surface area contributed by atoms with Crippen LogP contribution < -0.4 is 4.74 Å². The molecule has 0 unspecified atom stereocenters. The molecule has 0 aliphatic heterocycles. The van der Waals surface area contributed by atoms with Gasteiger partial charge in [0, 0.05) is 18.3 Å². The minimum Gasteiger partial charge on any atom is -0.492 e. The minimum absolute atomic E-state index is 0.223. The van der Waals surface area contributed by atoms with Crippen molar-refractivity contribution in [2.24, 2.45) is 0 Å². The molecular formula is C19H17NO. The topological polar surface area (TPSA) is 22.1 Å². The largest absolute Gasteiger partial charge is 0.492 e. The highest BCUT2D eigenvalue weighted by Gasteiger charge is 2.14. The summed E-state index contributed by atoms with van der Waals surface area (Å²) in [5.41, 5.74) is 2.52. The van der Waals surface area contributed by atoms with Gasteiger partial charge in [-0.05, 0) is 23.3 Å². The van der Waals surface area contributed by atoms with E-state index in [1.165, 1.54) is 11.1 Å². The van der Waals surface area contributed by atoms with Crippen LogP contribution in [-0.2, 0) is 0 Å². The Morgan fingerprint density at radius 3 is 1.76 bits per heavy atom. The van der Waals surface area contributed by atoms with E-state index in [0.29, 0.717) is 6.61 Å². The van der Waals surface area contributed by atoms with E-state index in [4.69, 9.17) is 4.74 Å². The van der Waals surface area contributed by atoms with Crippen molar-refractivity contribution in [3.63, 3.8) is 0 Å². The van der Waals surface area contributed by atoms with Gasteiger partial charge >= 0.3 is 0 Å². The molecule has 0 bridgehead atoms. The van der Waals surface area contributed by atoms with Gasteiger partial charge in [0.05, 0.1) is 6.61 Å². The second-order valence-corrected chi connectivity index (χ2v) is 4.87. The van der Waals surface area contributed by atoms with Crippen LogP contribution in [0.4, 0.5) is 0 Å². The van der Waals surface area contributed by atoms with E-state index >= 15 is 0 Å². The normalized spacial score (nSPS) is 10.5. The van der Waals surface area contributed by atoms with E-state index in [1.54, 1.807) is 12.4 Å². The highest BCUT2D eigenvalue weighted by atomic mass is 16.5. The zero-order valence-electron chi connectivity index (χ0n) is 11.7. The number of aromatic nitrogens is 1. The predicted octanol–water partition coefficient (Wildman–Crippen LogP) is 4.29. The Morgan fingerprint density at radius 1 is 0.714 bits per heavy atom. The van der Waals surface area contributed by atoms with Crippen LogP contribution >= 0.6 is 0 Å². The van der Waals surface area contributed by atoms with Crippen LogP contribution in [0.3, 0.4) is 0 Å². The third-order valence-corrected chi connectivity index (χ3v) is 3.47. The van der Waals surface area contributed by atoms with Crippen molar-refractivity contribution in [3.05, 3.63) is 96.3 Å². The van der Waals surface area contributed by atoms with Crippen LogP contribution in [-0.4, -0.2) is 11.6 Å². The average molecular weight is 275 g/mol. The zero-order chi connectivity index (χ0) is 14.3. The number of nitrogens with zero attached hydrogens (tertiary/aromatic N) is 1. The second kappa shape index (κ2) is 6.71. The smallest absolute Gasteiger partial charge is 0.122 e. The van der Waals surface area contributed by atoms with Crippen molar-refractivity contribution >= 4 is 0 Å². The van der Waals surface area contributed by atoms with Gasteiger partial charge in [-0.2, -0.15) is 0 Å². The highest BCUT2D eigenvalue weighted by Crippen LogP contribution is 2.25. The van der Waals surface area contributed by atoms with Crippen LogP contribution in [0.5, 0.6) is 5.75 Å². The molecule has 1 aromatic heterocycles. The van der Waals surface area contributed by atoms with Gasteiger partial charge in [-0.3, -0.25) is 4.98 Å². The molecule has 2 aromatic carbocycles. The Balaban J connectivity index is 1.83. The van der Waals surface area contributed by atoms with Crippen LogP contribution in [0, 0.1) is 0 Å². The Kier molecular flexibility index (Phi) is 4.27. The number of rotatable bonds is 5. The molecule has 0 amide bonds. The first-order valence-corrected chi connectivity index (χ1v) is 7.06. The SMILES string of the molecule is c1ccc(C(COc2ccncc2)c2ccccc2)cc1. The molecule has 0 N–H and O–H groups in total. The maximum Gasteiger partial charge on any atom is 0.122 e. The summed E-state index contributed by atoms with van der Waals surface area (Å²) in [4.78, 5) is 4.01.